The zero-order valence-corrected chi connectivity index (χ0v) is 20.1. The number of rotatable bonds is 8. The summed E-state index contributed by atoms with van der Waals surface area (Å²) in [6, 6.07) is 15.7. The largest absolute Gasteiger partial charge is 0.434 e. The number of aromatic nitrogens is 5. The highest BCUT2D eigenvalue weighted by Crippen LogP contribution is 2.38. The maximum Gasteiger partial charge on any atom is 0.434 e. The Bertz CT molecular complexity index is 1340. The fourth-order valence-corrected chi connectivity index (χ4v) is 4.68. The molecular formula is C23H20F3N7S2. The first kappa shape index (κ1) is 24.6. The molecule has 2 heterocycles. The molecule has 0 saturated heterocycles. The molecule has 0 radical (unpaired) electrons. The van der Waals surface area contributed by atoms with E-state index >= 15 is 0 Å². The van der Waals surface area contributed by atoms with Crippen molar-refractivity contribution in [3.8, 4) is 17.1 Å². The Morgan fingerprint density at radius 3 is 2.43 bits per heavy atom. The van der Waals surface area contributed by atoms with Gasteiger partial charge in [0.15, 0.2) is 16.7 Å². The van der Waals surface area contributed by atoms with Crippen LogP contribution in [0, 0.1) is 0 Å². The second-order valence-electron chi connectivity index (χ2n) is 7.32. The van der Waals surface area contributed by atoms with E-state index in [1.165, 1.54) is 23.3 Å². The highest BCUT2D eigenvalue weighted by atomic mass is 32.2. The van der Waals surface area contributed by atoms with Gasteiger partial charge in [0.2, 0.25) is 0 Å². The van der Waals surface area contributed by atoms with Crippen LogP contribution in [0.2, 0.25) is 0 Å². The summed E-state index contributed by atoms with van der Waals surface area (Å²) in [5.74, 6) is 5.99. The minimum Gasteiger partial charge on any atom is -0.323 e. The standard InChI is InChI=1S/C23H20F3N7S2/c1-2-32-21(18-12-28-33(20(18)23(24,25)26)17-6-4-3-5-7-17)30-31-22(32)35-14-15-8-10-16(11-9-15)19(13-34)29-27/h3-13H,2,14,27H2,1H3. The Hall–Kier alpha value is -3.51. The molecule has 35 heavy (non-hydrogen) atoms. The van der Waals surface area contributed by atoms with E-state index < -0.39 is 11.9 Å². The number of nitrogens with zero attached hydrogens (tertiary/aromatic N) is 6. The molecule has 0 spiro atoms. The molecule has 0 aliphatic carbocycles. The maximum absolute atomic E-state index is 14.1. The van der Waals surface area contributed by atoms with Crippen molar-refractivity contribution in [2.75, 3.05) is 0 Å². The van der Waals surface area contributed by atoms with Gasteiger partial charge in [0.25, 0.3) is 0 Å². The molecule has 0 bridgehead atoms. The van der Waals surface area contributed by atoms with Gasteiger partial charge in [-0.25, -0.2) is 4.68 Å². The van der Waals surface area contributed by atoms with E-state index in [0.29, 0.717) is 28.9 Å². The van der Waals surface area contributed by atoms with E-state index in [9.17, 15) is 13.2 Å². The van der Waals surface area contributed by atoms with Crippen molar-refractivity contribution < 1.29 is 13.2 Å². The fourth-order valence-electron chi connectivity index (χ4n) is 3.52. The zero-order valence-electron chi connectivity index (χ0n) is 18.5. The first-order valence-corrected chi connectivity index (χ1v) is 11.9. The van der Waals surface area contributed by atoms with Gasteiger partial charge in [-0.2, -0.15) is 23.4 Å². The average Bonchev–Trinajstić information content (AvgIpc) is 3.49. The summed E-state index contributed by atoms with van der Waals surface area (Å²) in [4.78, 5) is 0. The Morgan fingerprint density at radius 1 is 1.11 bits per heavy atom. The Labute approximate surface area is 208 Å². The van der Waals surface area contributed by atoms with Crippen LogP contribution in [0.25, 0.3) is 17.1 Å². The van der Waals surface area contributed by atoms with E-state index in [-0.39, 0.29) is 11.4 Å². The van der Waals surface area contributed by atoms with Gasteiger partial charge in [-0.3, -0.25) is 0 Å². The summed E-state index contributed by atoms with van der Waals surface area (Å²) in [6.07, 6.45) is -3.46. The summed E-state index contributed by atoms with van der Waals surface area (Å²) in [7, 11) is 0. The topological polar surface area (TPSA) is 86.9 Å². The molecule has 180 valence electrons. The zero-order chi connectivity index (χ0) is 25.0. The number of benzene rings is 2. The Balaban J connectivity index is 1.63. The van der Waals surface area contributed by atoms with Crippen LogP contribution in [0.3, 0.4) is 0 Å². The first-order valence-electron chi connectivity index (χ1n) is 10.5. The van der Waals surface area contributed by atoms with Crippen LogP contribution in [0.15, 0.2) is 71.1 Å². The molecule has 2 aromatic carbocycles. The Morgan fingerprint density at radius 2 is 1.83 bits per heavy atom. The van der Waals surface area contributed by atoms with E-state index in [1.807, 2.05) is 31.2 Å². The molecule has 0 aliphatic rings. The molecule has 0 amide bonds. The summed E-state index contributed by atoms with van der Waals surface area (Å²) in [5, 5.41) is 17.9. The summed E-state index contributed by atoms with van der Waals surface area (Å²) in [6.45, 7) is 2.22. The number of para-hydroxylation sites is 1. The van der Waals surface area contributed by atoms with Gasteiger partial charge >= 0.3 is 6.18 Å². The molecule has 7 nitrogen and oxygen atoms in total. The number of hydrogen-bond acceptors (Lipinski definition) is 7. The predicted molar refractivity (Wildman–Crippen MR) is 134 cm³/mol. The molecule has 0 unspecified atom stereocenters. The van der Waals surface area contributed by atoms with Gasteiger partial charge < -0.3 is 10.4 Å². The van der Waals surface area contributed by atoms with Crippen molar-refractivity contribution in [1.82, 2.24) is 24.5 Å². The molecule has 4 rings (SSSR count). The monoisotopic (exact) mass is 515 g/mol. The molecule has 0 fully saturated rings. The molecule has 0 aliphatic heterocycles. The van der Waals surface area contributed by atoms with Crippen LogP contribution in [0.4, 0.5) is 13.2 Å². The minimum atomic E-state index is -4.64. The fraction of sp³-hybridized carbons (Fsp3) is 0.174. The second kappa shape index (κ2) is 10.4. The van der Waals surface area contributed by atoms with E-state index in [2.05, 4.69) is 20.4 Å². The van der Waals surface area contributed by atoms with Crippen LogP contribution < -0.4 is 5.84 Å². The van der Waals surface area contributed by atoms with Crippen LogP contribution in [0.5, 0.6) is 0 Å². The lowest BCUT2D eigenvalue weighted by Crippen LogP contribution is -2.15. The number of thioether (sulfide) groups is 1. The smallest absolute Gasteiger partial charge is 0.323 e. The molecule has 12 heteroatoms. The van der Waals surface area contributed by atoms with Crippen molar-refractivity contribution in [3.63, 3.8) is 0 Å². The number of halogens is 3. The molecule has 2 N–H and O–H groups in total. The number of hydrazone groups is 1. The predicted octanol–water partition coefficient (Wildman–Crippen LogP) is 5.12. The van der Waals surface area contributed by atoms with Crippen molar-refractivity contribution in [2.24, 2.45) is 10.9 Å². The number of thiocarbonyl (C=S) groups is 1. The molecular weight excluding hydrogens is 495 g/mol. The van der Waals surface area contributed by atoms with Crippen LogP contribution in [0.1, 0.15) is 23.7 Å². The normalized spacial score (nSPS) is 12.2. The van der Waals surface area contributed by atoms with Gasteiger partial charge in [-0.15, -0.1) is 10.2 Å². The van der Waals surface area contributed by atoms with Crippen LogP contribution in [-0.2, 0) is 18.5 Å². The van der Waals surface area contributed by atoms with Gasteiger partial charge in [0, 0.05) is 23.2 Å². The lowest BCUT2D eigenvalue weighted by atomic mass is 10.1. The van der Waals surface area contributed by atoms with Crippen molar-refractivity contribution in [2.45, 2.75) is 30.6 Å². The number of nitrogens with two attached hydrogens (primary N) is 1. The maximum atomic E-state index is 14.1. The molecule has 0 saturated carbocycles. The average molecular weight is 516 g/mol. The molecule has 4 aromatic rings. The first-order chi connectivity index (χ1) is 16.9. The highest BCUT2D eigenvalue weighted by molar-refractivity contribution is 7.98. The third-order valence-corrected chi connectivity index (χ3v) is 6.44. The third-order valence-electron chi connectivity index (χ3n) is 5.18. The Kier molecular flexibility index (Phi) is 7.31. The van der Waals surface area contributed by atoms with Gasteiger partial charge in [-0.1, -0.05) is 66.4 Å². The van der Waals surface area contributed by atoms with Gasteiger partial charge in [-0.05, 0) is 24.6 Å². The highest BCUT2D eigenvalue weighted by Gasteiger charge is 2.40. The summed E-state index contributed by atoms with van der Waals surface area (Å²) >= 11 is 6.28. The summed E-state index contributed by atoms with van der Waals surface area (Å²) in [5.41, 5.74) is 1.58. The second-order valence-corrected chi connectivity index (χ2v) is 8.50. The SMILES string of the molecule is CCn1c(SCc2ccc(C(C=S)=NN)cc2)nnc1-c1cnn(-c2ccccc2)c1C(F)(F)F. The lowest BCUT2D eigenvalue weighted by molar-refractivity contribution is -0.142. The van der Waals surface area contributed by atoms with Gasteiger partial charge in [0.1, 0.15) is 5.71 Å². The lowest BCUT2D eigenvalue weighted by Gasteiger charge is -2.13. The van der Waals surface area contributed by atoms with Gasteiger partial charge in [0.05, 0.1) is 17.4 Å². The summed E-state index contributed by atoms with van der Waals surface area (Å²) < 4.78 is 44.9. The number of hydrogen-bond donors (Lipinski definition) is 1. The number of alkyl halides is 3. The van der Waals surface area contributed by atoms with E-state index in [0.717, 1.165) is 15.8 Å². The van der Waals surface area contributed by atoms with E-state index in [1.54, 1.807) is 34.9 Å². The van der Waals surface area contributed by atoms with Crippen molar-refractivity contribution in [1.29, 1.82) is 0 Å². The van der Waals surface area contributed by atoms with E-state index in [4.69, 9.17) is 18.1 Å². The minimum absolute atomic E-state index is 0.115. The van der Waals surface area contributed by atoms with Crippen LogP contribution >= 0.6 is 24.0 Å². The molecule has 2 aromatic heterocycles. The van der Waals surface area contributed by atoms with Crippen molar-refractivity contribution >= 4 is 35.1 Å². The van der Waals surface area contributed by atoms with Crippen LogP contribution in [-0.4, -0.2) is 35.6 Å². The van der Waals surface area contributed by atoms with Crippen molar-refractivity contribution in [3.05, 3.63) is 77.6 Å². The quantitative estimate of drug-likeness (QED) is 0.115. The third kappa shape index (κ3) is 5.13. The molecule has 0 atom stereocenters.